The summed E-state index contributed by atoms with van der Waals surface area (Å²) in [6, 6.07) is 10.9. The molecule has 0 atom stereocenters. The molecule has 0 saturated carbocycles. The SMILES string of the molecule is O=c1nc(NCc2ccccc2)sc2ncc([N+](=O)[O-])cc12. The maximum absolute atomic E-state index is 12.0. The molecule has 3 rings (SSSR count). The number of pyridine rings is 1. The van der Waals surface area contributed by atoms with Gasteiger partial charge in [0.15, 0.2) is 5.13 Å². The summed E-state index contributed by atoms with van der Waals surface area (Å²) in [7, 11) is 0. The molecule has 1 N–H and O–H groups in total. The Morgan fingerprint density at radius 2 is 2.05 bits per heavy atom. The van der Waals surface area contributed by atoms with Gasteiger partial charge in [0.1, 0.15) is 11.0 Å². The van der Waals surface area contributed by atoms with E-state index in [1.807, 2.05) is 30.3 Å². The zero-order chi connectivity index (χ0) is 15.5. The number of nitrogens with zero attached hydrogens (tertiary/aromatic N) is 3. The summed E-state index contributed by atoms with van der Waals surface area (Å²) in [5.41, 5.74) is 0.310. The first-order valence-corrected chi connectivity index (χ1v) is 7.18. The van der Waals surface area contributed by atoms with Crippen LogP contribution in [0.3, 0.4) is 0 Å². The van der Waals surface area contributed by atoms with Gasteiger partial charge in [-0.3, -0.25) is 14.9 Å². The molecule has 0 saturated heterocycles. The van der Waals surface area contributed by atoms with Crippen molar-refractivity contribution in [1.82, 2.24) is 9.97 Å². The molecule has 0 radical (unpaired) electrons. The molecule has 110 valence electrons. The van der Waals surface area contributed by atoms with Crippen molar-refractivity contribution in [2.45, 2.75) is 6.54 Å². The van der Waals surface area contributed by atoms with E-state index in [0.717, 1.165) is 11.8 Å². The van der Waals surface area contributed by atoms with Gasteiger partial charge < -0.3 is 5.32 Å². The third-order valence-corrected chi connectivity index (χ3v) is 3.91. The number of hydrogen-bond acceptors (Lipinski definition) is 7. The molecule has 0 aliphatic rings. The van der Waals surface area contributed by atoms with E-state index in [2.05, 4.69) is 15.3 Å². The fraction of sp³-hybridized carbons (Fsp3) is 0.0714. The zero-order valence-electron chi connectivity index (χ0n) is 11.2. The zero-order valence-corrected chi connectivity index (χ0v) is 12.0. The molecule has 2 aromatic heterocycles. The van der Waals surface area contributed by atoms with Crippen molar-refractivity contribution in [1.29, 1.82) is 0 Å². The fourth-order valence-electron chi connectivity index (χ4n) is 1.89. The summed E-state index contributed by atoms with van der Waals surface area (Å²) in [4.78, 5) is 30.4. The van der Waals surface area contributed by atoms with Gasteiger partial charge in [0.05, 0.1) is 10.3 Å². The Morgan fingerprint density at radius 1 is 1.27 bits per heavy atom. The third-order valence-electron chi connectivity index (χ3n) is 2.96. The largest absolute Gasteiger partial charge is 0.357 e. The van der Waals surface area contributed by atoms with Gasteiger partial charge in [0.25, 0.3) is 11.2 Å². The summed E-state index contributed by atoms with van der Waals surface area (Å²) in [6.45, 7) is 0.530. The molecule has 0 aliphatic heterocycles. The van der Waals surface area contributed by atoms with E-state index in [0.29, 0.717) is 16.5 Å². The maximum atomic E-state index is 12.0. The number of anilines is 1. The maximum Gasteiger partial charge on any atom is 0.288 e. The van der Waals surface area contributed by atoms with Crippen molar-refractivity contribution in [3.05, 3.63) is 68.6 Å². The van der Waals surface area contributed by atoms with Gasteiger partial charge >= 0.3 is 0 Å². The van der Waals surface area contributed by atoms with Crippen LogP contribution in [0.25, 0.3) is 10.2 Å². The second-order valence-electron chi connectivity index (χ2n) is 4.47. The third kappa shape index (κ3) is 2.91. The molecule has 7 nitrogen and oxygen atoms in total. The highest BCUT2D eigenvalue weighted by atomic mass is 32.1. The number of nitro groups is 1. The number of nitrogens with one attached hydrogen (secondary N) is 1. The standard InChI is InChI=1S/C14H10N4O3S/c19-12-11-6-10(18(20)21)8-15-13(11)22-14(17-12)16-7-9-4-2-1-3-5-9/h1-6,8H,7H2,(H,16,17,19). The van der Waals surface area contributed by atoms with E-state index < -0.39 is 10.5 Å². The lowest BCUT2D eigenvalue weighted by molar-refractivity contribution is -0.385. The minimum absolute atomic E-state index is 0.157. The Kier molecular flexibility index (Phi) is 3.75. The highest BCUT2D eigenvalue weighted by Crippen LogP contribution is 2.22. The van der Waals surface area contributed by atoms with Crippen molar-refractivity contribution in [3.8, 4) is 0 Å². The highest BCUT2D eigenvalue weighted by Gasteiger charge is 2.12. The second kappa shape index (κ2) is 5.86. The summed E-state index contributed by atoms with van der Waals surface area (Å²) in [6.07, 6.45) is 1.14. The number of rotatable bonds is 4. The van der Waals surface area contributed by atoms with E-state index in [-0.39, 0.29) is 11.1 Å². The number of benzene rings is 1. The molecular weight excluding hydrogens is 304 g/mol. The highest BCUT2D eigenvalue weighted by molar-refractivity contribution is 7.21. The molecular formula is C14H10N4O3S. The smallest absolute Gasteiger partial charge is 0.288 e. The Labute approximate surface area is 128 Å². The lowest BCUT2D eigenvalue weighted by Crippen LogP contribution is -2.10. The van der Waals surface area contributed by atoms with Crippen molar-refractivity contribution in [2.24, 2.45) is 0 Å². The predicted octanol–water partition coefficient (Wildman–Crippen LogP) is 2.57. The van der Waals surface area contributed by atoms with Crippen molar-refractivity contribution < 1.29 is 4.92 Å². The van der Waals surface area contributed by atoms with Crippen LogP contribution >= 0.6 is 11.3 Å². The van der Waals surface area contributed by atoms with Gasteiger partial charge in [-0.1, -0.05) is 41.7 Å². The second-order valence-corrected chi connectivity index (χ2v) is 5.44. The van der Waals surface area contributed by atoms with Crippen molar-refractivity contribution in [2.75, 3.05) is 5.32 Å². The van der Waals surface area contributed by atoms with Gasteiger partial charge in [0.2, 0.25) is 0 Å². The van der Waals surface area contributed by atoms with Crippen LogP contribution in [-0.4, -0.2) is 14.9 Å². The van der Waals surface area contributed by atoms with Gasteiger partial charge in [-0.25, -0.2) is 4.98 Å². The number of hydrogen-bond donors (Lipinski definition) is 1. The van der Waals surface area contributed by atoms with E-state index >= 15 is 0 Å². The van der Waals surface area contributed by atoms with Gasteiger partial charge in [-0.15, -0.1) is 0 Å². The first-order valence-electron chi connectivity index (χ1n) is 6.36. The molecule has 22 heavy (non-hydrogen) atoms. The molecule has 0 unspecified atom stereocenters. The molecule has 1 aromatic carbocycles. The van der Waals surface area contributed by atoms with Crippen LogP contribution in [0.1, 0.15) is 5.56 Å². The van der Waals surface area contributed by atoms with Crippen LogP contribution in [0.2, 0.25) is 0 Å². The number of fused-ring (bicyclic) bond motifs is 1. The average molecular weight is 314 g/mol. The summed E-state index contributed by atoms with van der Waals surface area (Å²) in [5, 5.41) is 14.4. The molecule has 0 bridgehead atoms. The fourth-order valence-corrected chi connectivity index (χ4v) is 2.71. The molecule has 8 heteroatoms. The summed E-state index contributed by atoms with van der Waals surface area (Å²) in [5.74, 6) is 0. The lowest BCUT2D eigenvalue weighted by atomic mass is 10.2. The molecule has 0 spiro atoms. The van der Waals surface area contributed by atoms with E-state index in [4.69, 9.17) is 0 Å². The van der Waals surface area contributed by atoms with Crippen LogP contribution in [0.15, 0.2) is 47.4 Å². The molecule has 0 amide bonds. The monoisotopic (exact) mass is 314 g/mol. The van der Waals surface area contributed by atoms with Gasteiger partial charge in [-0.2, -0.15) is 4.98 Å². The van der Waals surface area contributed by atoms with Gasteiger partial charge in [0, 0.05) is 12.6 Å². The molecule has 3 aromatic rings. The van der Waals surface area contributed by atoms with Crippen LogP contribution in [-0.2, 0) is 6.54 Å². The Hall–Kier alpha value is -2.87. The van der Waals surface area contributed by atoms with E-state index in [1.54, 1.807) is 0 Å². The first kappa shape index (κ1) is 14.1. The lowest BCUT2D eigenvalue weighted by Gasteiger charge is -2.05. The molecule has 0 aliphatic carbocycles. The van der Waals surface area contributed by atoms with E-state index in [9.17, 15) is 14.9 Å². The number of aromatic nitrogens is 2. The quantitative estimate of drug-likeness (QED) is 0.587. The Morgan fingerprint density at radius 3 is 2.77 bits per heavy atom. The Balaban J connectivity index is 1.91. The average Bonchev–Trinajstić information content (AvgIpc) is 2.53. The predicted molar refractivity (Wildman–Crippen MR) is 84.1 cm³/mol. The van der Waals surface area contributed by atoms with Crippen LogP contribution in [0, 0.1) is 10.1 Å². The minimum Gasteiger partial charge on any atom is -0.357 e. The van der Waals surface area contributed by atoms with Crippen LogP contribution in [0.4, 0.5) is 10.8 Å². The normalized spacial score (nSPS) is 10.5. The van der Waals surface area contributed by atoms with Crippen molar-refractivity contribution >= 4 is 32.4 Å². The Bertz CT molecular complexity index is 895. The summed E-state index contributed by atoms with van der Waals surface area (Å²) < 4.78 is 0. The molecule has 2 heterocycles. The molecule has 0 fully saturated rings. The van der Waals surface area contributed by atoms with Gasteiger partial charge in [-0.05, 0) is 5.56 Å². The van der Waals surface area contributed by atoms with Crippen molar-refractivity contribution in [3.63, 3.8) is 0 Å². The first-order chi connectivity index (χ1) is 10.6. The van der Waals surface area contributed by atoms with Crippen LogP contribution in [0.5, 0.6) is 0 Å². The van der Waals surface area contributed by atoms with E-state index in [1.165, 1.54) is 17.4 Å². The summed E-state index contributed by atoms with van der Waals surface area (Å²) >= 11 is 1.18. The topological polar surface area (TPSA) is 98.0 Å². The minimum atomic E-state index is -0.585. The van der Waals surface area contributed by atoms with Crippen LogP contribution < -0.4 is 10.9 Å².